The molecule has 4 aromatic rings. The second kappa shape index (κ2) is 15.0. The molecule has 0 radical (unpaired) electrons. The highest BCUT2D eigenvalue weighted by molar-refractivity contribution is 6.42. The van der Waals surface area contributed by atoms with Crippen molar-refractivity contribution in [1.82, 2.24) is 20.7 Å². The number of benzene rings is 3. The SMILES string of the molecule is CC(CC(NCC(=O)c1ccccc1)C(C)OC(=O)NC12OC(=O)/C=C/C(=O)ON1CCc1nc3ccccc3cc12)c1ccc(Cl)c(Cl)c1. The molecule has 4 atom stereocenters. The summed E-state index contributed by atoms with van der Waals surface area (Å²) in [5, 5.41) is 8.63. The van der Waals surface area contributed by atoms with Crippen LogP contribution in [0.15, 0.2) is 91.0 Å². The predicted molar refractivity (Wildman–Crippen MR) is 186 cm³/mol. The van der Waals surface area contributed by atoms with Gasteiger partial charge in [-0.15, -0.1) is 0 Å². The van der Waals surface area contributed by atoms with E-state index in [2.05, 4.69) is 10.6 Å². The number of hydrogen-bond acceptors (Lipinski definition) is 10. The molecule has 2 aliphatic rings. The fourth-order valence-electron chi connectivity index (χ4n) is 6.11. The number of hydroxylamine groups is 2. The molecule has 50 heavy (non-hydrogen) atoms. The van der Waals surface area contributed by atoms with Crippen molar-refractivity contribution in [2.24, 2.45) is 0 Å². The first kappa shape index (κ1) is 35.0. The maximum Gasteiger partial charge on any atom is 0.411 e. The number of carbonyl (C=O) groups excluding carboxylic acids is 4. The largest absolute Gasteiger partial charge is 0.445 e. The molecule has 6 rings (SSSR count). The molecule has 11 nitrogen and oxygen atoms in total. The Hall–Kier alpha value is -4.81. The number of aromatic nitrogens is 1. The molecule has 2 N–H and O–H groups in total. The number of ketones is 1. The number of pyridine rings is 1. The lowest BCUT2D eigenvalue weighted by atomic mass is 9.91. The van der Waals surface area contributed by atoms with Crippen LogP contribution in [0.3, 0.4) is 0 Å². The van der Waals surface area contributed by atoms with Gasteiger partial charge in [0.2, 0.25) is 0 Å². The Kier molecular flexibility index (Phi) is 10.5. The van der Waals surface area contributed by atoms with Crippen molar-refractivity contribution in [2.45, 2.75) is 50.6 Å². The van der Waals surface area contributed by atoms with E-state index in [4.69, 9.17) is 42.5 Å². The van der Waals surface area contributed by atoms with Gasteiger partial charge in [-0.2, -0.15) is 0 Å². The van der Waals surface area contributed by atoms with E-state index in [0.717, 1.165) is 22.8 Å². The minimum Gasteiger partial charge on any atom is -0.445 e. The number of nitrogens with one attached hydrogen (secondary N) is 2. The van der Waals surface area contributed by atoms with Crippen molar-refractivity contribution < 1.29 is 33.5 Å². The lowest BCUT2D eigenvalue weighted by Crippen LogP contribution is -2.64. The number of esters is 1. The number of nitrogens with zero attached hydrogens (tertiary/aromatic N) is 2. The average molecular weight is 718 g/mol. The summed E-state index contributed by atoms with van der Waals surface area (Å²) >= 11 is 12.5. The zero-order valence-corrected chi connectivity index (χ0v) is 28.7. The van der Waals surface area contributed by atoms with Crippen molar-refractivity contribution in [2.75, 3.05) is 13.1 Å². The fraction of sp³-hybridized carbons (Fsp3) is 0.270. The number of amides is 1. The third-order valence-corrected chi connectivity index (χ3v) is 9.49. The van der Waals surface area contributed by atoms with Gasteiger partial charge in [-0.25, -0.2) is 14.4 Å². The van der Waals surface area contributed by atoms with Gasteiger partial charge in [0, 0.05) is 42.1 Å². The van der Waals surface area contributed by atoms with Gasteiger partial charge in [0.1, 0.15) is 6.10 Å². The third-order valence-electron chi connectivity index (χ3n) is 8.75. The minimum atomic E-state index is -2.10. The highest BCUT2D eigenvalue weighted by Crippen LogP contribution is 2.37. The van der Waals surface area contributed by atoms with E-state index >= 15 is 0 Å². The Bertz CT molecular complexity index is 1970. The number of hydrogen-bond donors (Lipinski definition) is 2. The van der Waals surface area contributed by atoms with E-state index in [1.165, 1.54) is 0 Å². The van der Waals surface area contributed by atoms with Gasteiger partial charge >= 0.3 is 23.9 Å². The van der Waals surface area contributed by atoms with E-state index < -0.39 is 36.0 Å². The monoisotopic (exact) mass is 716 g/mol. The highest BCUT2D eigenvalue weighted by atomic mass is 35.5. The number of carbonyl (C=O) groups is 4. The lowest BCUT2D eigenvalue weighted by molar-refractivity contribution is -0.301. The smallest absolute Gasteiger partial charge is 0.411 e. The Morgan fingerprint density at radius 2 is 1.70 bits per heavy atom. The summed E-state index contributed by atoms with van der Waals surface area (Å²) in [6, 6.07) is 22.8. The van der Waals surface area contributed by atoms with Crippen LogP contribution in [0.25, 0.3) is 10.9 Å². The van der Waals surface area contributed by atoms with Crippen molar-refractivity contribution in [3.63, 3.8) is 0 Å². The molecule has 1 amide bonds. The Morgan fingerprint density at radius 1 is 0.960 bits per heavy atom. The van der Waals surface area contributed by atoms with Crippen LogP contribution in [0.1, 0.15) is 53.4 Å². The fourth-order valence-corrected chi connectivity index (χ4v) is 6.42. The number of rotatable bonds is 10. The summed E-state index contributed by atoms with van der Waals surface area (Å²) in [6.07, 6.45) is 0.842. The second-order valence-electron chi connectivity index (χ2n) is 12.2. The van der Waals surface area contributed by atoms with E-state index in [1.807, 2.05) is 43.3 Å². The van der Waals surface area contributed by atoms with Crippen LogP contribution < -0.4 is 10.6 Å². The molecule has 3 aromatic carbocycles. The molecule has 0 saturated carbocycles. The van der Waals surface area contributed by atoms with Gasteiger partial charge in [0.15, 0.2) is 5.78 Å². The minimum absolute atomic E-state index is 0.0260. The summed E-state index contributed by atoms with van der Waals surface area (Å²) in [6.45, 7) is 3.71. The molecule has 1 aromatic heterocycles. The van der Waals surface area contributed by atoms with Crippen LogP contribution in [0.4, 0.5) is 4.79 Å². The maximum absolute atomic E-state index is 13.9. The van der Waals surface area contributed by atoms with Crippen LogP contribution in [0, 0.1) is 0 Å². The number of Topliss-reactive ketones (excluding diaryl/α,β-unsaturated/α-hetero) is 1. The zero-order valence-electron chi connectivity index (χ0n) is 27.2. The Balaban J connectivity index is 1.28. The summed E-state index contributed by atoms with van der Waals surface area (Å²) < 4.78 is 11.8. The first-order valence-electron chi connectivity index (χ1n) is 16.1. The number of ether oxygens (including phenoxy) is 2. The van der Waals surface area contributed by atoms with Gasteiger partial charge in [-0.1, -0.05) is 89.8 Å². The molecule has 0 fully saturated rings. The van der Waals surface area contributed by atoms with Gasteiger partial charge in [-0.05, 0) is 49.1 Å². The highest BCUT2D eigenvalue weighted by Gasteiger charge is 2.52. The van der Waals surface area contributed by atoms with E-state index in [0.29, 0.717) is 50.6 Å². The van der Waals surface area contributed by atoms with Gasteiger partial charge in [0.05, 0.1) is 33.4 Å². The van der Waals surface area contributed by atoms with Gasteiger partial charge in [0.25, 0.3) is 0 Å². The molecule has 0 saturated heterocycles. The molecule has 13 heteroatoms. The number of alkyl carbamates (subject to hydrolysis) is 1. The maximum atomic E-state index is 13.9. The normalized spacial score (nSPS) is 19.8. The topological polar surface area (TPSA) is 136 Å². The third kappa shape index (κ3) is 7.66. The van der Waals surface area contributed by atoms with E-state index in [-0.39, 0.29) is 24.8 Å². The van der Waals surface area contributed by atoms with Crippen LogP contribution >= 0.6 is 23.2 Å². The van der Waals surface area contributed by atoms with E-state index in [1.54, 1.807) is 49.4 Å². The summed E-state index contributed by atoms with van der Waals surface area (Å²) in [4.78, 5) is 62.8. The van der Waals surface area contributed by atoms with Crippen LogP contribution in [-0.4, -0.2) is 59.1 Å². The molecular formula is C37H34Cl2N4O7. The summed E-state index contributed by atoms with van der Waals surface area (Å²) in [5.41, 5.74) is 2.99. The number of halogens is 2. The molecule has 0 aliphatic carbocycles. The number of fused-ring (bicyclic) bond motifs is 4. The average Bonchev–Trinajstić information content (AvgIpc) is 3.10. The van der Waals surface area contributed by atoms with Crippen molar-refractivity contribution in [1.29, 1.82) is 0 Å². The quantitative estimate of drug-likeness (QED) is 0.144. The Labute approximate surface area is 298 Å². The van der Waals surface area contributed by atoms with Crippen LogP contribution in [0.5, 0.6) is 0 Å². The molecule has 3 heterocycles. The zero-order chi connectivity index (χ0) is 35.4. The van der Waals surface area contributed by atoms with Crippen molar-refractivity contribution in [3.05, 3.63) is 123 Å². The second-order valence-corrected chi connectivity index (χ2v) is 13.0. The summed E-state index contributed by atoms with van der Waals surface area (Å²) in [5.74, 6) is -4.05. The van der Waals surface area contributed by atoms with Crippen molar-refractivity contribution in [3.8, 4) is 0 Å². The van der Waals surface area contributed by atoms with E-state index in [9.17, 15) is 19.2 Å². The number of para-hydroxylation sites is 1. The van der Waals surface area contributed by atoms with Crippen molar-refractivity contribution >= 4 is 57.9 Å². The molecule has 2 aliphatic heterocycles. The van der Waals surface area contributed by atoms with Crippen LogP contribution in [0.2, 0.25) is 10.0 Å². The summed E-state index contributed by atoms with van der Waals surface area (Å²) in [7, 11) is 0. The van der Waals surface area contributed by atoms with Crippen LogP contribution in [-0.2, 0) is 36.2 Å². The molecule has 4 unspecified atom stereocenters. The molecule has 0 spiro atoms. The molecule has 258 valence electrons. The van der Waals surface area contributed by atoms with Gasteiger partial charge in [-0.3, -0.25) is 15.1 Å². The molecular weight excluding hydrogens is 683 g/mol. The first-order valence-corrected chi connectivity index (χ1v) is 16.8. The van der Waals surface area contributed by atoms with Gasteiger partial charge < -0.3 is 19.6 Å². The first-order chi connectivity index (χ1) is 24.0. The Morgan fingerprint density at radius 3 is 2.48 bits per heavy atom. The lowest BCUT2D eigenvalue weighted by Gasteiger charge is -2.44. The molecule has 0 bridgehead atoms. The standard InChI is InChI=1S/C37H34Cl2N4O7/c1-22(25-12-13-28(38)29(39)20-25)18-32(40-21-33(44)24-8-4-3-5-9-24)23(2)48-36(47)42-37-27-19-26-10-6-7-11-30(26)41-31(27)16-17-43(37)50-35(46)15-14-34(45)49-37/h3-15,19-20,22-23,32,40H,16-18,21H2,1-2H3,(H,42,47)/b15-14+. The predicted octanol–water partition coefficient (Wildman–Crippen LogP) is 6.23.